The number of anilines is 1. The molecule has 0 aliphatic rings. The molecule has 0 aliphatic carbocycles. The predicted octanol–water partition coefficient (Wildman–Crippen LogP) is 4.01. The first-order chi connectivity index (χ1) is 11.0. The Labute approximate surface area is 140 Å². The monoisotopic (exact) mass is 331 g/mol. The summed E-state index contributed by atoms with van der Waals surface area (Å²) in [6.07, 6.45) is 0.900. The summed E-state index contributed by atoms with van der Waals surface area (Å²) in [6, 6.07) is 12.3. The predicted molar refractivity (Wildman–Crippen MR) is 90.9 cm³/mol. The maximum atomic E-state index is 11.9. The van der Waals surface area contributed by atoms with Crippen LogP contribution in [0.2, 0.25) is 5.02 Å². The molecule has 5 heteroatoms. The summed E-state index contributed by atoms with van der Waals surface area (Å²) in [5.41, 5.74) is 3.04. The van der Waals surface area contributed by atoms with Crippen molar-refractivity contribution < 1.29 is 14.3 Å². The molecular formula is C18H18ClNO3. The Balaban J connectivity index is 1.90. The van der Waals surface area contributed by atoms with Crippen molar-refractivity contribution in [2.45, 2.75) is 20.3 Å². The maximum absolute atomic E-state index is 11.9. The summed E-state index contributed by atoms with van der Waals surface area (Å²) in [7, 11) is 0. The van der Waals surface area contributed by atoms with Crippen molar-refractivity contribution >= 4 is 29.2 Å². The number of hydrogen-bond donors (Lipinski definition) is 1. The molecule has 2 aromatic carbocycles. The lowest BCUT2D eigenvalue weighted by atomic mass is 10.1. The Hall–Kier alpha value is -2.33. The lowest BCUT2D eigenvalue weighted by Gasteiger charge is -2.09. The maximum Gasteiger partial charge on any atom is 0.338 e. The van der Waals surface area contributed by atoms with Crippen molar-refractivity contribution in [2.24, 2.45) is 0 Å². The van der Waals surface area contributed by atoms with Crippen LogP contribution in [-0.4, -0.2) is 18.5 Å². The van der Waals surface area contributed by atoms with Gasteiger partial charge in [-0.05, 0) is 48.7 Å². The minimum absolute atomic E-state index is 0.347. The van der Waals surface area contributed by atoms with Crippen LogP contribution in [0.5, 0.6) is 0 Å². The average molecular weight is 332 g/mol. The highest BCUT2D eigenvalue weighted by molar-refractivity contribution is 6.31. The molecule has 1 amide bonds. The minimum Gasteiger partial charge on any atom is -0.452 e. The lowest BCUT2D eigenvalue weighted by Crippen LogP contribution is -2.21. The van der Waals surface area contributed by atoms with E-state index in [1.165, 1.54) is 0 Å². The van der Waals surface area contributed by atoms with Gasteiger partial charge in [-0.25, -0.2) is 4.79 Å². The quantitative estimate of drug-likeness (QED) is 0.842. The van der Waals surface area contributed by atoms with Gasteiger partial charge in [-0.2, -0.15) is 0 Å². The van der Waals surface area contributed by atoms with Crippen LogP contribution in [0, 0.1) is 6.92 Å². The van der Waals surface area contributed by atoms with Gasteiger partial charge in [0.05, 0.1) is 5.56 Å². The van der Waals surface area contributed by atoms with Crippen molar-refractivity contribution in [3.05, 3.63) is 64.2 Å². The molecule has 0 bridgehead atoms. The van der Waals surface area contributed by atoms with Crippen LogP contribution < -0.4 is 5.32 Å². The van der Waals surface area contributed by atoms with Crippen molar-refractivity contribution in [1.29, 1.82) is 0 Å². The summed E-state index contributed by atoms with van der Waals surface area (Å²) in [6.45, 7) is 3.54. The Kier molecular flexibility index (Phi) is 5.77. The highest BCUT2D eigenvalue weighted by atomic mass is 35.5. The molecule has 0 aliphatic heterocycles. The molecule has 0 fully saturated rings. The van der Waals surface area contributed by atoms with Crippen molar-refractivity contribution in [2.75, 3.05) is 11.9 Å². The topological polar surface area (TPSA) is 55.4 Å². The third-order valence-corrected chi connectivity index (χ3v) is 3.64. The number of carbonyl (C=O) groups is 2. The van der Waals surface area contributed by atoms with Gasteiger partial charge in [0.1, 0.15) is 0 Å². The molecule has 2 rings (SSSR count). The molecule has 23 heavy (non-hydrogen) atoms. The normalized spacial score (nSPS) is 10.2. The number of rotatable bonds is 5. The van der Waals surface area contributed by atoms with E-state index < -0.39 is 11.9 Å². The number of amides is 1. The van der Waals surface area contributed by atoms with E-state index in [1.54, 1.807) is 30.3 Å². The van der Waals surface area contributed by atoms with E-state index in [9.17, 15) is 9.59 Å². The van der Waals surface area contributed by atoms with Crippen LogP contribution in [0.3, 0.4) is 0 Å². The van der Waals surface area contributed by atoms with Gasteiger partial charge < -0.3 is 10.1 Å². The van der Waals surface area contributed by atoms with Gasteiger partial charge in [0.25, 0.3) is 5.91 Å². The molecule has 0 saturated heterocycles. The highest BCUT2D eigenvalue weighted by Gasteiger charge is 2.11. The summed E-state index contributed by atoms with van der Waals surface area (Å²) in [5.74, 6) is -0.931. The fourth-order valence-electron chi connectivity index (χ4n) is 2.01. The third-order valence-electron chi connectivity index (χ3n) is 3.41. The Bertz CT molecular complexity index is 711. The summed E-state index contributed by atoms with van der Waals surface area (Å²) in [5, 5.41) is 3.20. The summed E-state index contributed by atoms with van der Waals surface area (Å²) >= 11 is 5.90. The number of esters is 1. The fraction of sp³-hybridized carbons (Fsp3) is 0.222. The first-order valence-electron chi connectivity index (χ1n) is 7.31. The number of halogens is 1. The second kappa shape index (κ2) is 7.79. The largest absolute Gasteiger partial charge is 0.452 e. The number of hydrogen-bond acceptors (Lipinski definition) is 3. The van der Waals surface area contributed by atoms with Crippen LogP contribution in [0.25, 0.3) is 0 Å². The van der Waals surface area contributed by atoms with E-state index in [0.29, 0.717) is 16.3 Å². The van der Waals surface area contributed by atoms with Gasteiger partial charge in [0.2, 0.25) is 0 Å². The Morgan fingerprint density at radius 3 is 2.48 bits per heavy atom. The molecule has 0 atom stereocenters. The van der Waals surface area contributed by atoms with Crippen molar-refractivity contribution in [3.63, 3.8) is 0 Å². The second-order valence-corrected chi connectivity index (χ2v) is 5.57. The molecular weight excluding hydrogens is 314 g/mol. The van der Waals surface area contributed by atoms with Crippen LogP contribution in [-0.2, 0) is 16.0 Å². The summed E-state index contributed by atoms with van der Waals surface area (Å²) in [4.78, 5) is 23.8. The van der Waals surface area contributed by atoms with E-state index in [0.717, 1.165) is 17.5 Å². The molecule has 1 N–H and O–H groups in total. The molecule has 0 radical (unpaired) electrons. The molecule has 0 spiro atoms. The second-order valence-electron chi connectivity index (χ2n) is 5.13. The standard InChI is InChI=1S/C18H18ClNO3/c1-3-13-5-7-14(8-6-13)18(22)23-11-17(21)20-16-10-15(19)9-4-12(16)2/h4-10H,3,11H2,1-2H3,(H,20,21). The molecule has 0 saturated carbocycles. The van der Waals surface area contributed by atoms with E-state index in [-0.39, 0.29) is 6.61 Å². The average Bonchev–Trinajstić information content (AvgIpc) is 2.56. The Morgan fingerprint density at radius 1 is 1.13 bits per heavy atom. The molecule has 0 heterocycles. The van der Waals surface area contributed by atoms with Gasteiger partial charge in [0, 0.05) is 10.7 Å². The van der Waals surface area contributed by atoms with Gasteiger partial charge in [-0.15, -0.1) is 0 Å². The van der Waals surface area contributed by atoms with Crippen molar-refractivity contribution in [3.8, 4) is 0 Å². The molecule has 2 aromatic rings. The first-order valence-corrected chi connectivity index (χ1v) is 7.69. The van der Waals surface area contributed by atoms with Crippen molar-refractivity contribution in [1.82, 2.24) is 0 Å². The zero-order valence-corrected chi connectivity index (χ0v) is 13.8. The zero-order valence-electron chi connectivity index (χ0n) is 13.1. The number of aryl methyl sites for hydroxylation is 2. The molecule has 4 nitrogen and oxygen atoms in total. The number of carbonyl (C=O) groups excluding carboxylic acids is 2. The van der Waals surface area contributed by atoms with Crippen LogP contribution >= 0.6 is 11.6 Å². The van der Waals surface area contributed by atoms with Gasteiger partial charge in [0.15, 0.2) is 6.61 Å². The Morgan fingerprint density at radius 2 is 1.83 bits per heavy atom. The zero-order chi connectivity index (χ0) is 16.8. The van der Waals surface area contributed by atoms with E-state index >= 15 is 0 Å². The molecule has 0 aromatic heterocycles. The third kappa shape index (κ3) is 4.83. The SMILES string of the molecule is CCc1ccc(C(=O)OCC(=O)Nc2cc(Cl)ccc2C)cc1. The number of benzene rings is 2. The van der Waals surface area contributed by atoms with Crippen LogP contribution in [0.4, 0.5) is 5.69 Å². The molecule has 0 unspecified atom stereocenters. The highest BCUT2D eigenvalue weighted by Crippen LogP contribution is 2.20. The smallest absolute Gasteiger partial charge is 0.338 e. The molecule has 120 valence electrons. The van der Waals surface area contributed by atoms with E-state index in [4.69, 9.17) is 16.3 Å². The lowest BCUT2D eigenvalue weighted by molar-refractivity contribution is -0.119. The minimum atomic E-state index is -0.523. The van der Waals surface area contributed by atoms with Gasteiger partial charge >= 0.3 is 5.97 Å². The van der Waals surface area contributed by atoms with E-state index in [1.807, 2.05) is 26.0 Å². The van der Waals surface area contributed by atoms with E-state index in [2.05, 4.69) is 5.32 Å². The van der Waals surface area contributed by atoms with Crippen LogP contribution in [0.15, 0.2) is 42.5 Å². The summed E-state index contributed by atoms with van der Waals surface area (Å²) < 4.78 is 5.02. The fourth-order valence-corrected chi connectivity index (χ4v) is 2.18. The van der Waals surface area contributed by atoms with Crippen LogP contribution in [0.1, 0.15) is 28.4 Å². The number of ether oxygens (including phenoxy) is 1. The number of nitrogens with one attached hydrogen (secondary N) is 1. The first kappa shape index (κ1) is 17.0. The van der Waals surface area contributed by atoms with Gasteiger partial charge in [-0.3, -0.25) is 4.79 Å². The van der Waals surface area contributed by atoms with Gasteiger partial charge in [-0.1, -0.05) is 36.7 Å².